The molecule has 0 aromatic heterocycles. The van der Waals surface area contributed by atoms with Crippen LogP contribution in [0.25, 0.3) is 0 Å². The van der Waals surface area contributed by atoms with Crippen LogP contribution in [0.1, 0.15) is 34.1 Å². The van der Waals surface area contributed by atoms with E-state index in [1.807, 2.05) is 0 Å². The second-order valence-corrected chi connectivity index (χ2v) is 3.97. The zero-order chi connectivity index (χ0) is 8.20. The van der Waals surface area contributed by atoms with Gasteiger partial charge in [-0.15, -0.1) is 0 Å². The second-order valence-electron chi connectivity index (χ2n) is 3.97. The highest BCUT2D eigenvalue weighted by atomic mass is 16.5. The van der Waals surface area contributed by atoms with Gasteiger partial charge in [0, 0.05) is 0 Å². The molecule has 0 fully saturated rings. The summed E-state index contributed by atoms with van der Waals surface area (Å²) in [5.74, 6) is 0. The predicted octanol–water partition coefficient (Wildman–Crippen LogP) is 2.66. The lowest BCUT2D eigenvalue weighted by atomic mass is 9.98. The van der Waals surface area contributed by atoms with Crippen LogP contribution in [0.3, 0.4) is 0 Å². The van der Waals surface area contributed by atoms with Gasteiger partial charge in [-0.25, -0.2) is 0 Å². The first kappa shape index (κ1) is 9.96. The highest BCUT2D eigenvalue weighted by Crippen LogP contribution is 2.14. The average molecular weight is 143 g/mol. The molecule has 61 valence electrons. The largest absolute Gasteiger partial charge is 0.378 e. The van der Waals surface area contributed by atoms with Gasteiger partial charge in [0.2, 0.25) is 0 Å². The molecule has 0 bridgehead atoms. The lowest BCUT2D eigenvalue weighted by Crippen LogP contribution is -2.19. The molecule has 0 N–H and O–H groups in total. The fourth-order valence-electron chi connectivity index (χ4n) is 0.476. The molecule has 0 aliphatic heterocycles. The molecular formula is C9H19O. The van der Waals surface area contributed by atoms with Crippen LogP contribution in [0.15, 0.2) is 0 Å². The van der Waals surface area contributed by atoms with Crippen molar-refractivity contribution in [2.75, 3.05) is 6.61 Å². The summed E-state index contributed by atoms with van der Waals surface area (Å²) in [5, 5.41) is 0. The second kappa shape index (κ2) is 3.97. The van der Waals surface area contributed by atoms with Gasteiger partial charge in [0.15, 0.2) is 0 Å². The van der Waals surface area contributed by atoms with E-state index < -0.39 is 0 Å². The minimum atomic E-state index is 0.281. The normalized spacial score (nSPS) is 15.3. The van der Waals surface area contributed by atoms with Crippen molar-refractivity contribution >= 4 is 0 Å². The molecule has 0 saturated heterocycles. The molecule has 0 aromatic rings. The summed E-state index contributed by atoms with van der Waals surface area (Å²) in [7, 11) is 0. The van der Waals surface area contributed by atoms with Gasteiger partial charge < -0.3 is 4.74 Å². The van der Waals surface area contributed by atoms with Gasteiger partial charge in [-0.05, 0) is 18.8 Å². The third-order valence-corrected chi connectivity index (χ3v) is 1.21. The Balaban J connectivity index is 3.36. The molecule has 0 saturated carbocycles. The molecule has 0 amide bonds. The molecule has 1 unspecified atom stereocenters. The highest BCUT2D eigenvalue weighted by molar-refractivity contribution is 4.61. The molecular weight excluding hydrogens is 124 g/mol. The third-order valence-electron chi connectivity index (χ3n) is 1.21. The van der Waals surface area contributed by atoms with Gasteiger partial charge in [-0.1, -0.05) is 27.7 Å². The molecule has 1 atom stereocenters. The van der Waals surface area contributed by atoms with E-state index in [1.54, 1.807) is 0 Å². The zero-order valence-corrected chi connectivity index (χ0v) is 7.61. The topological polar surface area (TPSA) is 9.23 Å². The van der Waals surface area contributed by atoms with E-state index in [2.05, 4.69) is 34.6 Å². The lowest BCUT2D eigenvalue weighted by Gasteiger charge is -2.20. The molecule has 0 heterocycles. The van der Waals surface area contributed by atoms with Gasteiger partial charge in [0.25, 0.3) is 0 Å². The Morgan fingerprint density at radius 2 is 1.90 bits per heavy atom. The number of rotatable bonds is 3. The number of hydrogen-bond acceptors (Lipinski definition) is 1. The van der Waals surface area contributed by atoms with Crippen molar-refractivity contribution in [1.82, 2.24) is 0 Å². The van der Waals surface area contributed by atoms with E-state index >= 15 is 0 Å². The molecule has 1 heteroatoms. The summed E-state index contributed by atoms with van der Waals surface area (Å²) < 4.78 is 5.49. The molecule has 0 aliphatic rings. The summed E-state index contributed by atoms with van der Waals surface area (Å²) in [5.41, 5.74) is 0.281. The first-order valence-corrected chi connectivity index (χ1v) is 3.86. The van der Waals surface area contributed by atoms with Crippen LogP contribution in [-0.2, 0) is 4.74 Å². The SMILES string of the molecule is [CH2]CC(C)OCC(C)(C)C. The van der Waals surface area contributed by atoms with E-state index in [9.17, 15) is 0 Å². The Hall–Kier alpha value is -0.0400. The van der Waals surface area contributed by atoms with Crippen molar-refractivity contribution in [3.05, 3.63) is 6.92 Å². The van der Waals surface area contributed by atoms with Crippen LogP contribution in [0.5, 0.6) is 0 Å². The van der Waals surface area contributed by atoms with E-state index in [0.29, 0.717) is 6.10 Å². The summed E-state index contributed by atoms with van der Waals surface area (Å²) in [6.45, 7) is 13.1. The monoisotopic (exact) mass is 143 g/mol. The van der Waals surface area contributed by atoms with E-state index in [0.717, 1.165) is 13.0 Å². The minimum Gasteiger partial charge on any atom is -0.378 e. The number of ether oxygens (including phenoxy) is 1. The van der Waals surface area contributed by atoms with E-state index in [1.165, 1.54) is 0 Å². The maximum atomic E-state index is 5.49. The fourth-order valence-corrected chi connectivity index (χ4v) is 0.476. The maximum Gasteiger partial charge on any atom is 0.0547 e. The Labute approximate surface area is 64.8 Å². The Morgan fingerprint density at radius 3 is 2.20 bits per heavy atom. The molecule has 0 aromatic carbocycles. The van der Waals surface area contributed by atoms with Crippen molar-refractivity contribution in [2.24, 2.45) is 5.41 Å². The van der Waals surface area contributed by atoms with E-state index in [4.69, 9.17) is 4.74 Å². The molecule has 1 radical (unpaired) electrons. The molecule has 0 aliphatic carbocycles. The summed E-state index contributed by atoms with van der Waals surface area (Å²) >= 11 is 0. The first-order chi connectivity index (χ1) is 4.45. The van der Waals surface area contributed by atoms with Gasteiger partial charge in [-0.3, -0.25) is 0 Å². The summed E-state index contributed by atoms with van der Waals surface area (Å²) in [6.07, 6.45) is 1.16. The standard InChI is InChI=1S/C9H19O/c1-6-8(2)10-7-9(3,4)5/h8H,1,6-7H2,2-5H3. The molecule has 1 nitrogen and oxygen atoms in total. The molecule has 0 rings (SSSR count). The lowest BCUT2D eigenvalue weighted by molar-refractivity contribution is 0.0200. The maximum absolute atomic E-state index is 5.49. The van der Waals surface area contributed by atoms with Crippen LogP contribution in [0.2, 0.25) is 0 Å². The quantitative estimate of drug-likeness (QED) is 0.590. The van der Waals surface area contributed by atoms with Crippen molar-refractivity contribution < 1.29 is 4.74 Å². The van der Waals surface area contributed by atoms with Crippen LogP contribution < -0.4 is 0 Å². The van der Waals surface area contributed by atoms with Crippen LogP contribution >= 0.6 is 0 Å². The average Bonchev–Trinajstić information content (AvgIpc) is 1.81. The van der Waals surface area contributed by atoms with Crippen LogP contribution in [0, 0.1) is 12.3 Å². The van der Waals surface area contributed by atoms with E-state index in [-0.39, 0.29) is 5.41 Å². The fraction of sp³-hybridized carbons (Fsp3) is 0.889. The van der Waals surface area contributed by atoms with Crippen molar-refractivity contribution in [3.63, 3.8) is 0 Å². The molecule has 0 spiro atoms. The van der Waals surface area contributed by atoms with Gasteiger partial charge >= 0.3 is 0 Å². The van der Waals surface area contributed by atoms with Crippen molar-refractivity contribution in [2.45, 2.75) is 40.2 Å². The zero-order valence-electron chi connectivity index (χ0n) is 7.61. The Morgan fingerprint density at radius 1 is 1.40 bits per heavy atom. The molecule has 10 heavy (non-hydrogen) atoms. The summed E-state index contributed by atoms with van der Waals surface area (Å²) in [6, 6.07) is 0. The smallest absolute Gasteiger partial charge is 0.0547 e. The summed E-state index contributed by atoms with van der Waals surface area (Å²) in [4.78, 5) is 0. The first-order valence-electron chi connectivity index (χ1n) is 3.86. The third kappa shape index (κ3) is 6.09. The minimum absolute atomic E-state index is 0.281. The number of hydrogen-bond donors (Lipinski definition) is 0. The van der Waals surface area contributed by atoms with Gasteiger partial charge in [0.05, 0.1) is 12.7 Å². The predicted molar refractivity (Wildman–Crippen MR) is 44.8 cm³/mol. The van der Waals surface area contributed by atoms with Crippen LogP contribution in [0.4, 0.5) is 0 Å². The Bertz CT molecular complexity index is 81.2. The highest BCUT2D eigenvalue weighted by Gasteiger charge is 2.11. The van der Waals surface area contributed by atoms with Gasteiger partial charge in [0.1, 0.15) is 0 Å². The van der Waals surface area contributed by atoms with Crippen molar-refractivity contribution in [1.29, 1.82) is 0 Å². The van der Waals surface area contributed by atoms with Crippen LogP contribution in [-0.4, -0.2) is 12.7 Å². The van der Waals surface area contributed by atoms with Gasteiger partial charge in [-0.2, -0.15) is 0 Å². The van der Waals surface area contributed by atoms with Crippen molar-refractivity contribution in [3.8, 4) is 0 Å². The Kier molecular flexibility index (Phi) is 3.95.